The van der Waals surface area contributed by atoms with Crippen molar-refractivity contribution in [3.05, 3.63) is 12.3 Å². The van der Waals surface area contributed by atoms with Gasteiger partial charge in [-0.1, -0.05) is 0 Å². The standard InChI is InChI=1S/C9H15N3O2/c1-12-7(3-4-8(12)13)9(14)11-6-2-5-10/h2,5,7H,3-4,6,10H2,1H3,(H,11,14)/b5-2+. The molecule has 5 heteroatoms. The predicted octanol–water partition coefficient (Wildman–Crippen LogP) is -0.804. The SMILES string of the molecule is CN1C(=O)CCC1C(=O)NC/C=C/N. The molecule has 2 amide bonds. The maximum atomic E-state index is 11.5. The zero-order valence-electron chi connectivity index (χ0n) is 8.19. The number of carbonyl (C=O) groups excluding carboxylic acids is 2. The second kappa shape index (κ2) is 4.64. The van der Waals surface area contributed by atoms with Gasteiger partial charge in [0.25, 0.3) is 0 Å². The molecule has 5 nitrogen and oxygen atoms in total. The summed E-state index contributed by atoms with van der Waals surface area (Å²) in [7, 11) is 1.65. The van der Waals surface area contributed by atoms with E-state index in [-0.39, 0.29) is 17.9 Å². The van der Waals surface area contributed by atoms with Gasteiger partial charge < -0.3 is 16.0 Å². The van der Waals surface area contributed by atoms with Crippen molar-refractivity contribution in [2.45, 2.75) is 18.9 Å². The molecule has 0 aromatic heterocycles. The number of likely N-dealkylation sites (N-methyl/N-ethyl adjacent to an activating group) is 1. The van der Waals surface area contributed by atoms with E-state index in [4.69, 9.17) is 5.73 Å². The Labute approximate surface area is 82.9 Å². The van der Waals surface area contributed by atoms with Crippen molar-refractivity contribution in [1.29, 1.82) is 0 Å². The Morgan fingerprint density at radius 2 is 2.50 bits per heavy atom. The Kier molecular flexibility index (Phi) is 3.50. The summed E-state index contributed by atoms with van der Waals surface area (Å²) >= 11 is 0. The molecule has 1 heterocycles. The number of nitrogens with two attached hydrogens (primary N) is 1. The molecular weight excluding hydrogens is 182 g/mol. The van der Waals surface area contributed by atoms with Crippen LogP contribution in [0.15, 0.2) is 12.3 Å². The number of hydrogen-bond acceptors (Lipinski definition) is 3. The van der Waals surface area contributed by atoms with E-state index < -0.39 is 0 Å². The molecule has 1 atom stereocenters. The maximum Gasteiger partial charge on any atom is 0.243 e. The van der Waals surface area contributed by atoms with Gasteiger partial charge in [-0.15, -0.1) is 0 Å². The molecule has 1 unspecified atom stereocenters. The Bertz CT molecular complexity index is 263. The first-order valence-electron chi connectivity index (χ1n) is 4.57. The summed E-state index contributed by atoms with van der Waals surface area (Å²) in [5.41, 5.74) is 5.12. The molecule has 0 aromatic carbocycles. The van der Waals surface area contributed by atoms with Crippen LogP contribution in [0, 0.1) is 0 Å². The van der Waals surface area contributed by atoms with E-state index in [1.165, 1.54) is 11.1 Å². The molecule has 1 aliphatic rings. The van der Waals surface area contributed by atoms with Gasteiger partial charge in [0.1, 0.15) is 6.04 Å². The van der Waals surface area contributed by atoms with Crippen molar-refractivity contribution in [1.82, 2.24) is 10.2 Å². The first kappa shape index (κ1) is 10.6. The van der Waals surface area contributed by atoms with Crippen molar-refractivity contribution >= 4 is 11.8 Å². The molecular formula is C9H15N3O2. The van der Waals surface area contributed by atoms with Crippen LogP contribution in [0.5, 0.6) is 0 Å². The summed E-state index contributed by atoms with van der Waals surface area (Å²) in [5.74, 6) is -0.0871. The van der Waals surface area contributed by atoms with E-state index >= 15 is 0 Å². The zero-order chi connectivity index (χ0) is 10.6. The highest BCUT2D eigenvalue weighted by atomic mass is 16.2. The first-order chi connectivity index (χ1) is 6.66. The number of nitrogens with one attached hydrogen (secondary N) is 1. The fraction of sp³-hybridized carbons (Fsp3) is 0.556. The third kappa shape index (κ3) is 2.25. The van der Waals surface area contributed by atoms with E-state index in [1.54, 1.807) is 13.1 Å². The van der Waals surface area contributed by atoms with Crippen LogP contribution in [-0.4, -0.2) is 36.3 Å². The quantitative estimate of drug-likeness (QED) is 0.621. The van der Waals surface area contributed by atoms with E-state index in [1.807, 2.05) is 0 Å². The van der Waals surface area contributed by atoms with E-state index in [0.29, 0.717) is 19.4 Å². The van der Waals surface area contributed by atoms with Gasteiger partial charge in [0.2, 0.25) is 11.8 Å². The molecule has 0 spiro atoms. The van der Waals surface area contributed by atoms with Crippen LogP contribution in [0.3, 0.4) is 0 Å². The monoisotopic (exact) mass is 197 g/mol. The lowest BCUT2D eigenvalue weighted by atomic mass is 10.2. The van der Waals surface area contributed by atoms with Crippen LogP contribution in [0.1, 0.15) is 12.8 Å². The highest BCUT2D eigenvalue weighted by molar-refractivity contribution is 5.90. The molecule has 1 aliphatic heterocycles. The summed E-state index contributed by atoms with van der Waals surface area (Å²) in [4.78, 5) is 24.1. The normalized spacial score (nSPS) is 21.9. The van der Waals surface area contributed by atoms with Gasteiger partial charge in [0.15, 0.2) is 0 Å². The Morgan fingerprint density at radius 3 is 3.00 bits per heavy atom. The molecule has 0 saturated carbocycles. The molecule has 0 aromatic rings. The van der Waals surface area contributed by atoms with Gasteiger partial charge in [-0.2, -0.15) is 0 Å². The van der Waals surface area contributed by atoms with Crippen molar-refractivity contribution in [3.63, 3.8) is 0 Å². The Morgan fingerprint density at radius 1 is 1.79 bits per heavy atom. The highest BCUT2D eigenvalue weighted by Crippen LogP contribution is 2.15. The Balaban J connectivity index is 2.41. The molecule has 78 valence electrons. The molecule has 0 radical (unpaired) electrons. The molecule has 1 rings (SSSR count). The summed E-state index contributed by atoms with van der Waals surface area (Å²) in [6, 6.07) is -0.311. The highest BCUT2D eigenvalue weighted by Gasteiger charge is 2.32. The average Bonchev–Trinajstić information content (AvgIpc) is 2.48. The fourth-order valence-corrected chi connectivity index (χ4v) is 1.46. The lowest BCUT2D eigenvalue weighted by Gasteiger charge is -2.18. The van der Waals surface area contributed by atoms with Gasteiger partial charge >= 0.3 is 0 Å². The summed E-state index contributed by atoms with van der Waals surface area (Å²) in [6.07, 6.45) is 4.09. The van der Waals surface area contributed by atoms with Gasteiger partial charge in [-0.05, 0) is 18.7 Å². The third-order valence-corrected chi connectivity index (χ3v) is 2.33. The first-order valence-corrected chi connectivity index (χ1v) is 4.57. The minimum absolute atomic E-state index is 0.0273. The second-order valence-corrected chi connectivity index (χ2v) is 3.23. The minimum atomic E-state index is -0.311. The third-order valence-electron chi connectivity index (χ3n) is 2.33. The molecule has 0 bridgehead atoms. The number of amides is 2. The van der Waals surface area contributed by atoms with Crippen molar-refractivity contribution < 1.29 is 9.59 Å². The zero-order valence-corrected chi connectivity index (χ0v) is 8.19. The van der Waals surface area contributed by atoms with Gasteiger partial charge in [0.05, 0.1) is 0 Å². The smallest absolute Gasteiger partial charge is 0.243 e. The molecule has 3 N–H and O–H groups in total. The van der Waals surface area contributed by atoms with Crippen molar-refractivity contribution in [3.8, 4) is 0 Å². The molecule has 14 heavy (non-hydrogen) atoms. The maximum absolute atomic E-state index is 11.5. The van der Waals surface area contributed by atoms with Crippen LogP contribution in [-0.2, 0) is 9.59 Å². The molecule has 1 fully saturated rings. The average molecular weight is 197 g/mol. The molecule has 1 saturated heterocycles. The topological polar surface area (TPSA) is 75.4 Å². The van der Waals surface area contributed by atoms with Crippen LogP contribution < -0.4 is 11.1 Å². The van der Waals surface area contributed by atoms with Gasteiger partial charge in [-0.25, -0.2) is 0 Å². The number of likely N-dealkylation sites (tertiary alicyclic amines) is 1. The summed E-state index contributed by atoms with van der Waals surface area (Å²) < 4.78 is 0. The summed E-state index contributed by atoms with van der Waals surface area (Å²) in [5, 5.41) is 2.68. The van der Waals surface area contributed by atoms with E-state index in [0.717, 1.165) is 0 Å². The van der Waals surface area contributed by atoms with Crippen molar-refractivity contribution in [2.75, 3.05) is 13.6 Å². The van der Waals surface area contributed by atoms with Crippen molar-refractivity contribution in [2.24, 2.45) is 5.73 Å². The lowest BCUT2D eigenvalue weighted by molar-refractivity contribution is -0.133. The lowest BCUT2D eigenvalue weighted by Crippen LogP contribution is -2.42. The number of hydrogen-bond donors (Lipinski definition) is 2. The van der Waals surface area contributed by atoms with Crippen LogP contribution in [0.2, 0.25) is 0 Å². The van der Waals surface area contributed by atoms with Crippen LogP contribution in [0.4, 0.5) is 0 Å². The van der Waals surface area contributed by atoms with Gasteiger partial charge in [0, 0.05) is 20.0 Å². The van der Waals surface area contributed by atoms with E-state index in [2.05, 4.69) is 5.32 Å². The second-order valence-electron chi connectivity index (χ2n) is 3.23. The minimum Gasteiger partial charge on any atom is -0.405 e. The number of nitrogens with zero attached hydrogens (tertiary/aromatic N) is 1. The number of carbonyl (C=O) groups is 2. The van der Waals surface area contributed by atoms with Gasteiger partial charge in [-0.3, -0.25) is 9.59 Å². The summed E-state index contributed by atoms with van der Waals surface area (Å²) in [6.45, 7) is 0.411. The fourth-order valence-electron chi connectivity index (χ4n) is 1.46. The Hall–Kier alpha value is -1.52. The molecule has 0 aliphatic carbocycles. The van der Waals surface area contributed by atoms with Crippen LogP contribution in [0.25, 0.3) is 0 Å². The van der Waals surface area contributed by atoms with E-state index in [9.17, 15) is 9.59 Å². The predicted molar refractivity (Wildman–Crippen MR) is 52.1 cm³/mol. The van der Waals surface area contributed by atoms with Crippen LogP contribution >= 0.6 is 0 Å². The number of rotatable bonds is 3. The largest absolute Gasteiger partial charge is 0.405 e.